The second-order valence-corrected chi connectivity index (χ2v) is 5.98. The lowest BCUT2D eigenvalue weighted by Gasteiger charge is -2.11. The number of nitrogens with zero attached hydrogens (tertiary/aromatic N) is 1. The van der Waals surface area contributed by atoms with E-state index in [0.29, 0.717) is 6.54 Å². The van der Waals surface area contributed by atoms with Crippen molar-refractivity contribution < 1.29 is 9.90 Å². The van der Waals surface area contributed by atoms with E-state index in [-0.39, 0.29) is 23.1 Å². The standard InChI is InChI=1S/C13H13BrN2O2S/c1-8(13-15-4-5-19-13)7-16-12(18)10-6-9(14)2-3-11(10)17/h2-6,8,17H,7H2,1H3,(H,16,18). The highest BCUT2D eigenvalue weighted by Gasteiger charge is 2.14. The Kier molecular flexibility index (Phi) is 4.55. The van der Waals surface area contributed by atoms with E-state index in [1.807, 2.05) is 12.3 Å². The van der Waals surface area contributed by atoms with Crippen molar-refractivity contribution in [2.45, 2.75) is 12.8 Å². The molecule has 6 heteroatoms. The van der Waals surface area contributed by atoms with Crippen molar-refractivity contribution in [2.75, 3.05) is 6.54 Å². The summed E-state index contributed by atoms with van der Waals surface area (Å²) in [6, 6.07) is 4.77. The van der Waals surface area contributed by atoms with E-state index in [9.17, 15) is 9.90 Å². The first-order valence-corrected chi connectivity index (χ1v) is 7.41. The van der Waals surface area contributed by atoms with Gasteiger partial charge in [0, 0.05) is 28.5 Å². The molecule has 1 heterocycles. The van der Waals surface area contributed by atoms with Gasteiger partial charge in [0.25, 0.3) is 5.91 Å². The van der Waals surface area contributed by atoms with Crippen LogP contribution >= 0.6 is 27.3 Å². The second kappa shape index (κ2) is 6.16. The third-order valence-corrected chi connectivity index (χ3v) is 4.15. The Morgan fingerprint density at radius 3 is 3.05 bits per heavy atom. The van der Waals surface area contributed by atoms with Crippen LogP contribution in [0, 0.1) is 0 Å². The third-order valence-electron chi connectivity index (χ3n) is 2.65. The number of carbonyl (C=O) groups is 1. The minimum Gasteiger partial charge on any atom is -0.507 e. The van der Waals surface area contributed by atoms with Crippen LogP contribution in [0.15, 0.2) is 34.2 Å². The number of aromatic hydroxyl groups is 1. The van der Waals surface area contributed by atoms with E-state index in [1.165, 1.54) is 6.07 Å². The Labute approximate surface area is 123 Å². The minimum atomic E-state index is -0.290. The van der Waals surface area contributed by atoms with Gasteiger partial charge >= 0.3 is 0 Å². The molecule has 0 saturated heterocycles. The molecule has 0 aliphatic heterocycles. The Morgan fingerprint density at radius 1 is 1.58 bits per heavy atom. The molecule has 1 atom stereocenters. The topological polar surface area (TPSA) is 62.2 Å². The highest BCUT2D eigenvalue weighted by Crippen LogP contribution is 2.22. The number of nitrogens with one attached hydrogen (secondary N) is 1. The van der Waals surface area contributed by atoms with Gasteiger partial charge in [0.2, 0.25) is 0 Å². The molecule has 4 nitrogen and oxygen atoms in total. The molecular weight excluding hydrogens is 328 g/mol. The van der Waals surface area contributed by atoms with Crippen LogP contribution in [0.25, 0.3) is 0 Å². The Hall–Kier alpha value is -1.40. The maximum atomic E-state index is 12.0. The number of rotatable bonds is 4. The number of thiazole rings is 1. The van der Waals surface area contributed by atoms with Crippen LogP contribution in [0.1, 0.15) is 28.2 Å². The van der Waals surface area contributed by atoms with Crippen molar-refractivity contribution in [1.29, 1.82) is 0 Å². The number of halogens is 1. The Morgan fingerprint density at radius 2 is 2.37 bits per heavy atom. The Balaban J connectivity index is 2.00. The summed E-state index contributed by atoms with van der Waals surface area (Å²) in [5, 5.41) is 15.4. The number of phenolic OH excluding ortho intramolecular Hbond substituents is 1. The lowest BCUT2D eigenvalue weighted by Crippen LogP contribution is -2.27. The van der Waals surface area contributed by atoms with Crippen molar-refractivity contribution in [3.8, 4) is 5.75 Å². The fraction of sp³-hybridized carbons (Fsp3) is 0.231. The van der Waals surface area contributed by atoms with Gasteiger partial charge in [-0.2, -0.15) is 0 Å². The van der Waals surface area contributed by atoms with E-state index >= 15 is 0 Å². The van der Waals surface area contributed by atoms with Crippen LogP contribution in [-0.4, -0.2) is 22.5 Å². The zero-order chi connectivity index (χ0) is 13.8. The van der Waals surface area contributed by atoms with Crippen molar-refractivity contribution >= 4 is 33.2 Å². The normalized spacial score (nSPS) is 12.1. The fourth-order valence-electron chi connectivity index (χ4n) is 1.60. The zero-order valence-electron chi connectivity index (χ0n) is 10.3. The summed E-state index contributed by atoms with van der Waals surface area (Å²) < 4.78 is 0.753. The summed E-state index contributed by atoms with van der Waals surface area (Å²) in [5.41, 5.74) is 0.265. The number of carbonyl (C=O) groups excluding carboxylic acids is 1. The first kappa shape index (κ1) is 14.0. The molecule has 2 rings (SSSR count). The molecule has 1 unspecified atom stereocenters. The summed E-state index contributed by atoms with van der Waals surface area (Å²) in [6.07, 6.45) is 1.75. The lowest BCUT2D eigenvalue weighted by molar-refractivity contribution is 0.0949. The highest BCUT2D eigenvalue weighted by atomic mass is 79.9. The molecular formula is C13H13BrN2O2S. The fourth-order valence-corrected chi connectivity index (χ4v) is 2.66. The average molecular weight is 341 g/mol. The number of phenols is 1. The van der Waals surface area contributed by atoms with Crippen LogP contribution in [-0.2, 0) is 0 Å². The van der Waals surface area contributed by atoms with Crippen LogP contribution in [0.4, 0.5) is 0 Å². The monoisotopic (exact) mass is 340 g/mol. The molecule has 0 spiro atoms. The quantitative estimate of drug-likeness (QED) is 0.898. The number of aromatic nitrogens is 1. The van der Waals surface area contributed by atoms with Gasteiger partial charge in [-0.05, 0) is 18.2 Å². The largest absolute Gasteiger partial charge is 0.507 e. The SMILES string of the molecule is CC(CNC(=O)c1cc(Br)ccc1O)c1nccs1. The van der Waals surface area contributed by atoms with E-state index in [1.54, 1.807) is 29.7 Å². The van der Waals surface area contributed by atoms with Gasteiger partial charge < -0.3 is 10.4 Å². The van der Waals surface area contributed by atoms with Gasteiger partial charge in [0.05, 0.1) is 10.6 Å². The van der Waals surface area contributed by atoms with Crippen molar-refractivity contribution in [3.05, 3.63) is 44.8 Å². The number of amides is 1. The smallest absolute Gasteiger partial charge is 0.255 e. The summed E-state index contributed by atoms with van der Waals surface area (Å²) in [7, 11) is 0. The molecule has 1 aromatic heterocycles. The summed E-state index contributed by atoms with van der Waals surface area (Å²) >= 11 is 4.84. The summed E-state index contributed by atoms with van der Waals surface area (Å²) in [6.45, 7) is 2.48. The van der Waals surface area contributed by atoms with Gasteiger partial charge in [-0.3, -0.25) is 4.79 Å². The first-order valence-electron chi connectivity index (χ1n) is 5.74. The summed E-state index contributed by atoms with van der Waals surface area (Å²) in [5.74, 6) is -0.164. The van der Waals surface area contributed by atoms with Gasteiger partial charge in [-0.15, -0.1) is 11.3 Å². The molecule has 1 amide bonds. The highest BCUT2D eigenvalue weighted by molar-refractivity contribution is 9.10. The number of hydrogen-bond acceptors (Lipinski definition) is 4. The van der Waals surface area contributed by atoms with E-state index in [2.05, 4.69) is 26.2 Å². The average Bonchev–Trinajstić information content (AvgIpc) is 2.92. The number of hydrogen-bond donors (Lipinski definition) is 2. The molecule has 0 radical (unpaired) electrons. The molecule has 2 aromatic rings. The molecule has 19 heavy (non-hydrogen) atoms. The van der Waals surface area contributed by atoms with Crippen molar-refractivity contribution in [3.63, 3.8) is 0 Å². The molecule has 0 saturated carbocycles. The van der Waals surface area contributed by atoms with Gasteiger partial charge in [-0.25, -0.2) is 4.98 Å². The predicted octanol–water partition coefficient (Wildman–Crippen LogP) is 3.14. The lowest BCUT2D eigenvalue weighted by atomic mass is 10.1. The van der Waals surface area contributed by atoms with Crippen LogP contribution in [0.3, 0.4) is 0 Å². The molecule has 100 valence electrons. The molecule has 0 fully saturated rings. The van der Waals surface area contributed by atoms with E-state index in [4.69, 9.17) is 0 Å². The van der Waals surface area contributed by atoms with E-state index in [0.717, 1.165) is 9.48 Å². The maximum absolute atomic E-state index is 12.0. The molecule has 0 aliphatic carbocycles. The molecule has 0 aliphatic rings. The van der Waals surface area contributed by atoms with Crippen molar-refractivity contribution in [1.82, 2.24) is 10.3 Å². The van der Waals surface area contributed by atoms with Crippen LogP contribution < -0.4 is 5.32 Å². The first-order chi connectivity index (χ1) is 9.08. The maximum Gasteiger partial charge on any atom is 0.255 e. The second-order valence-electron chi connectivity index (χ2n) is 4.14. The molecule has 0 bridgehead atoms. The van der Waals surface area contributed by atoms with Gasteiger partial charge in [-0.1, -0.05) is 22.9 Å². The minimum absolute atomic E-state index is 0.0254. The summed E-state index contributed by atoms with van der Waals surface area (Å²) in [4.78, 5) is 16.2. The Bertz CT molecular complexity index is 572. The van der Waals surface area contributed by atoms with Crippen molar-refractivity contribution in [2.24, 2.45) is 0 Å². The predicted molar refractivity (Wildman–Crippen MR) is 78.7 cm³/mol. The van der Waals surface area contributed by atoms with Gasteiger partial charge in [0.15, 0.2) is 0 Å². The van der Waals surface area contributed by atoms with Crippen LogP contribution in [0.5, 0.6) is 5.75 Å². The third kappa shape index (κ3) is 3.54. The zero-order valence-corrected chi connectivity index (χ0v) is 12.7. The van der Waals surface area contributed by atoms with Gasteiger partial charge in [0.1, 0.15) is 5.75 Å². The number of benzene rings is 1. The van der Waals surface area contributed by atoms with E-state index < -0.39 is 0 Å². The van der Waals surface area contributed by atoms with Crippen LogP contribution in [0.2, 0.25) is 0 Å². The molecule has 1 aromatic carbocycles. The molecule has 2 N–H and O–H groups in total.